The first-order chi connectivity index (χ1) is 7.74. The van der Waals surface area contributed by atoms with Crippen LogP contribution in [0.1, 0.15) is 24.3 Å². The molecule has 1 aliphatic rings. The number of hydrogen-bond donors (Lipinski definition) is 2. The molecule has 1 saturated heterocycles. The van der Waals surface area contributed by atoms with Crippen molar-refractivity contribution in [3.63, 3.8) is 0 Å². The quantitative estimate of drug-likeness (QED) is 0.809. The second-order valence-electron chi connectivity index (χ2n) is 4.04. The van der Waals surface area contributed by atoms with E-state index in [0.29, 0.717) is 5.56 Å². The Morgan fingerprint density at radius 3 is 2.69 bits per heavy atom. The predicted octanol–water partition coefficient (Wildman–Crippen LogP) is 2.01. The van der Waals surface area contributed by atoms with Gasteiger partial charge in [-0.25, -0.2) is 4.39 Å². The molecule has 0 aromatic heterocycles. The molecular weight excluding hydrogens is 209 g/mol. The van der Waals surface area contributed by atoms with Crippen LogP contribution in [-0.4, -0.2) is 25.3 Å². The van der Waals surface area contributed by atoms with Crippen molar-refractivity contribution >= 4 is 0 Å². The van der Waals surface area contributed by atoms with E-state index in [4.69, 9.17) is 4.74 Å². The first kappa shape index (κ1) is 11.2. The van der Waals surface area contributed by atoms with Gasteiger partial charge in [-0.05, 0) is 44.0 Å². The fourth-order valence-corrected chi connectivity index (χ4v) is 2.22. The Bertz CT molecular complexity index is 376. The zero-order chi connectivity index (χ0) is 11.5. The standard InChI is InChI=1S/C12H16FNO2/c1-16-10-3-2-9(15)11(12(10)13)8-4-6-14-7-5-8/h2-3,8,14-15H,4-7H2,1H3. The third kappa shape index (κ3) is 1.97. The Kier molecular flexibility index (Phi) is 3.29. The predicted molar refractivity (Wildman–Crippen MR) is 59.5 cm³/mol. The number of rotatable bonds is 2. The van der Waals surface area contributed by atoms with E-state index in [1.54, 1.807) is 0 Å². The van der Waals surface area contributed by atoms with Crippen LogP contribution in [0.5, 0.6) is 11.5 Å². The number of halogens is 1. The molecule has 0 amide bonds. The smallest absolute Gasteiger partial charge is 0.172 e. The maximum atomic E-state index is 14.0. The molecule has 0 unspecified atom stereocenters. The van der Waals surface area contributed by atoms with Crippen molar-refractivity contribution in [1.82, 2.24) is 5.32 Å². The number of phenols is 1. The van der Waals surface area contributed by atoms with Crippen LogP contribution in [0.4, 0.5) is 4.39 Å². The zero-order valence-corrected chi connectivity index (χ0v) is 9.29. The van der Waals surface area contributed by atoms with Crippen molar-refractivity contribution < 1.29 is 14.2 Å². The van der Waals surface area contributed by atoms with E-state index in [0.717, 1.165) is 25.9 Å². The number of phenolic OH excluding ortho intramolecular Hbond substituents is 1. The second kappa shape index (κ2) is 4.70. The summed E-state index contributed by atoms with van der Waals surface area (Å²) in [6.45, 7) is 1.72. The average Bonchev–Trinajstić information content (AvgIpc) is 2.31. The zero-order valence-electron chi connectivity index (χ0n) is 9.29. The molecule has 1 aliphatic heterocycles. The summed E-state index contributed by atoms with van der Waals surface area (Å²) in [5.41, 5.74) is 0.404. The fraction of sp³-hybridized carbons (Fsp3) is 0.500. The molecule has 0 bridgehead atoms. The molecule has 0 saturated carbocycles. The Hall–Kier alpha value is -1.29. The summed E-state index contributed by atoms with van der Waals surface area (Å²) in [7, 11) is 1.43. The maximum Gasteiger partial charge on any atom is 0.172 e. The van der Waals surface area contributed by atoms with E-state index in [9.17, 15) is 9.50 Å². The van der Waals surface area contributed by atoms with Crippen molar-refractivity contribution in [2.75, 3.05) is 20.2 Å². The van der Waals surface area contributed by atoms with Crippen LogP contribution < -0.4 is 10.1 Å². The first-order valence-corrected chi connectivity index (χ1v) is 5.50. The molecule has 2 N–H and O–H groups in total. The number of methoxy groups -OCH3 is 1. The van der Waals surface area contributed by atoms with Gasteiger partial charge in [-0.2, -0.15) is 0 Å². The first-order valence-electron chi connectivity index (χ1n) is 5.50. The molecule has 88 valence electrons. The maximum absolute atomic E-state index is 14.0. The number of benzene rings is 1. The van der Waals surface area contributed by atoms with Crippen molar-refractivity contribution in [1.29, 1.82) is 0 Å². The highest BCUT2D eigenvalue weighted by Gasteiger charge is 2.24. The van der Waals surface area contributed by atoms with Crippen LogP contribution in [0.25, 0.3) is 0 Å². The van der Waals surface area contributed by atoms with Gasteiger partial charge in [0.2, 0.25) is 0 Å². The topological polar surface area (TPSA) is 41.5 Å². The molecule has 2 rings (SSSR count). The lowest BCUT2D eigenvalue weighted by molar-refractivity contribution is 0.365. The van der Waals surface area contributed by atoms with Crippen molar-refractivity contribution in [3.8, 4) is 11.5 Å². The molecule has 0 radical (unpaired) electrons. The molecular formula is C12H16FNO2. The highest BCUT2D eigenvalue weighted by Crippen LogP contribution is 2.37. The Labute approximate surface area is 94.2 Å². The lowest BCUT2D eigenvalue weighted by Gasteiger charge is -2.24. The minimum absolute atomic E-state index is 0.0326. The van der Waals surface area contributed by atoms with E-state index in [2.05, 4.69) is 5.32 Å². The molecule has 4 heteroatoms. The summed E-state index contributed by atoms with van der Waals surface area (Å²) in [6.07, 6.45) is 1.69. The summed E-state index contributed by atoms with van der Waals surface area (Å²) in [5.74, 6) is -0.109. The van der Waals surface area contributed by atoms with Gasteiger partial charge in [0.25, 0.3) is 0 Å². The van der Waals surface area contributed by atoms with Gasteiger partial charge in [0, 0.05) is 5.56 Å². The fourth-order valence-electron chi connectivity index (χ4n) is 2.22. The highest BCUT2D eigenvalue weighted by molar-refractivity contribution is 5.43. The van der Waals surface area contributed by atoms with Crippen LogP contribution >= 0.6 is 0 Å². The molecule has 16 heavy (non-hydrogen) atoms. The molecule has 1 fully saturated rings. The Morgan fingerprint density at radius 2 is 2.06 bits per heavy atom. The molecule has 1 aromatic rings. The number of ether oxygens (including phenoxy) is 1. The largest absolute Gasteiger partial charge is 0.508 e. The molecule has 0 spiro atoms. The van der Waals surface area contributed by atoms with E-state index in [-0.39, 0.29) is 17.4 Å². The second-order valence-corrected chi connectivity index (χ2v) is 4.04. The number of hydrogen-bond acceptors (Lipinski definition) is 3. The van der Waals surface area contributed by atoms with E-state index in [1.165, 1.54) is 19.2 Å². The Balaban J connectivity index is 2.37. The monoisotopic (exact) mass is 225 g/mol. The van der Waals surface area contributed by atoms with Crippen LogP contribution in [0, 0.1) is 5.82 Å². The summed E-state index contributed by atoms with van der Waals surface area (Å²) < 4.78 is 18.9. The average molecular weight is 225 g/mol. The van der Waals surface area contributed by atoms with Crippen LogP contribution in [0.15, 0.2) is 12.1 Å². The van der Waals surface area contributed by atoms with Gasteiger partial charge < -0.3 is 15.2 Å². The van der Waals surface area contributed by atoms with Crippen molar-refractivity contribution in [2.45, 2.75) is 18.8 Å². The van der Waals surface area contributed by atoms with E-state index < -0.39 is 5.82 Å². The molecule has 1 heterocycles. The van der Waals surface area contributed by atoms with Gasteiger partial charge in [-0.3, -0.25) is 0 Å². The molecule has 0 aliphatic carbocycles. The van der Waals surface area contributed by atoms with Gasteiger partial charge in [0.15, 0.2) is 11.6 Å². The Morgan fingerprint density at radius 1 is 1.38 bits per heavy atom. The number of aromatic hydroxyl groups is 1. The normalized spacial score (nSPS) is 17.4. The van der Waals surface area contributed by atoms with Crippen molar-refractivity contribution in [2.24, 2.45) is 0 Å². The summed E-state index contributed by atoms with van der Waals surface area (Å²) in [4.78, 5) is 0. The van der Waals surface area contributed by atoms with Gasteiger partial charge in [-0.15, -0.1) is 0 Å². The van der Waals surface area contributed by atoms with Gasteiger partial charge >= 0.3 is 0 Å². The van der Waals surface area contributed by atoms with Gasteiger partial charge in [-0.1, -0.05) is 0 Å². The van der Waals surface area contributed by atoms with Crippen molar-refractivity contribution in [3.05, 3.63) is 23.5 Å². The minimum atomic E-state index is -0.422. The van der Waals surface area contributed by atoms with Gasteiger partial charge in [0.05, 0.1) is 7.11 Å². The molecule has 1 aromatic carbocycles. The number of piperidine rings is 1. The minimum Gasteiger partial charge on any atom is -0.508 e. The third-order valence-electron chi connectivity index (χ3n) is 3.09. The van der Waals surface area contributed by atoms with E-state index in [1.807, 2.05) is 0 Å². The molecule has 3 nitrogen and oxygen atoms in total. The molecule has 0 atom stereocenters. The van der Waals surface area contributed by atoms with Crippen LogP contribution in [-0.2, 0) is 0 Å². The van der Waals surface area contributed by atoms with E-state index >= 15 is 0 Å². The SMILES string of the molecule is COc1ccc(O)c(C2CCNCC2)c1F. The summed E-state index contributed by atoms with van der Waals surface area (Å²) >= 11 is 0. The van der Waals surface area contributed by atoms with Crippen LogP contribution in [0.2, 0.25) is 0 Å². The summed E-state index contributed by atoms with van der Waals surface area (Å²) in [5, 5.41) is 13.0. The third-order valence-corrected chi connectivity index (χ3v) is 3.09. The highest BCUT2D eigenvalue weighted by atomic mass is 19.1. The number of nitrogens with one attached hydrogen (secondary N) is 1. The lowest BCUT2D eigenvalue weighted by Crippen LogP contribution is -2.27. The van der Waals surface area contributed by atoms with Gasteiger partial charge in [0.1, 0.15) is 5.75 Å². The van der Waals surface area contributed by atoms with Crippen LogP contribution in [0.3, 0.4) is 0 Å². The summed E-state index contributed by atoms with van der Waals surface area (Å²) in [6, 6.07) is 2.95. The lowest BCUT2D eigenvalue weighted by atomic mass is 9.89.